The molecule has 0 fully saturated rings. The van der Waals surface area contributed by atoms with Crippen LogP contribution in [0, 0.1) is 0 Å². The van der Waals surface area contributed by atoms with Gasteiger partial charge >= 0.3 is 0 Å². The van der Waals surface area contributed by atoms with Crippen LogP contribution in [0.15, 0.2) is 67.6 Å². The van der Waals surface area contributed by atoms with E-state index >= 15 is 0 Å². The number of nitrogens with one attached hydrogen (secondary N) is 1. The van der Waals surface area contributed by atoms with E-state index < -0.39 is 10.0 Å². The third kappa shape index (κ3) is 5.67. The predicted octanol–water partition coefficient (Wildman–Crippen LogP) is 4.55. The Morgan fingerprint density at radius 1 is 1.14 bits per heavy atom. The number of rotatable bonds is 7. The lowest BCUT2D eigenvalue weighted by Gasteiger charge is -2.11. The van der Waals surface area contributed by atoms with E-state index in [4.69, 9.17) is 0 Å². The molecule has 0 bridgehead atoms. The highest BCUT2D eigenvalue weighted by molar-refractivity contribution is 9.10. The Kier molecular flexibility index (Phi) is 7.12. The molecule has 2 aromatic carbocycles. The Morgan fingerprint density at radius 3 is 2.41 bits per heavy atom. The van der Waals surface area contributed by atoms with Crippen molar-refractivity contribution in [3.63, 3.8) is 0 Å². The largest absolute Gasteiger partial charge is 0.325 e. The van der Waals surface area contributed by atoms with Crippen molar-refractivity contribution in [3.05, 3.63) is 58.4 Å². The van der Waals surface area contributed by atoms with E-state index in [1.54, 1.807) is 12.1 Å². The van der Waals surface area contributed by atoms with Crippen molar-refractivity contribution in [2.75, 3.05) is 25.2 Å². The molecule has 10 heteroatoms. The van der Waals surface area contributed by atoms with E-state index in [-0.39, 0.29) is 16.6 Å². The first-order chi connectivity index (χ1) is 13.8. The summed E-state index contributed by atoms with van der Waals surface area (Å²) in [5, 5.41) is 4.73. The van der Waals surface area contributed by atoms with E-state index in [0.29, 0.717) is 5.69 Å². The predicted molar refractivity (Wildman–Crippen MR) is 122 cm³/mol. The van der Waals surface area contributed by atoms with Crippen LogP contribution < -0.4 is 5.32 Å². The van der Waals surface area contributed by atoms with Gasteiger partial charge in [0.2, 0.25) is 15.9 Å². The Hall–Kier alpha value is -1.72. The minimum absolute atomic E-state index is 0.179. The molecule has 29 heavy (non-hydrogen) atoms. The summed E-state index contributed by atoms with van der Waals surface area (Å²) in [4.78, 5) is 16.9. The molecule has 1 aromatic heterocycles. The van der Waals surface area contributed by atoms with Crippen molar-refractivity contribution in [3.8, 4) is 11.3 Å². The Balaban J connectivity index is 1.56. The van der Waals surface area contributed by atoms with Crippen LogP contribution in [0.25, 0.3) is 11.3 Å². The van der Waals surface area contributed by atoms with E-state index in [1.165, 1.54) is 49.3 Å². The van der Waals surface area contributed by atoms with Gasteiger partial charge in [-0.25, -0.2) is 17.7 Å². The number of carbonyl (C=O) groups is 1. The van der Waals surface area contributed by atoms with Crippen molar-refractivity contribution in [1.29, 1.82) is 0 Å². The zero-order valence-electron chi connectivity index (χ0n) is 15.6. The van der Waals surface area contributed by atoms with Gasteiger partial charge in [-0.15, -0.1) is 11.3 Å². The van der Waals surface area contributed by atoms with Crippen molar-refractivity contribution >= 4 is 60.6 Å². The number of halogens is 1. The first kappa shape index (κ1) is 22.0. The van der Waals surface area contributed by atoms with Crippen molar-refractivity contribution in [1.82, 2.24) is 9.29 Å². The summed E-state index contributed by atoms with van der Waals surface area (Å²) >= 11 is 6.27. The lowest BCUT2D eigenvalue weighted by molar-refractivity contribution is -0.113. The second-order valence-electron chi connectivity index (χ2n) is 6.15. The normalized spacial score (nSPS) is 11.6. The molecule has 6 nitrogen and oxygen atoms in total. The van der Waals surface area contributed by atoms with Crippen LogP contribution in [0.5, 0.6) is 0 Å². The summed E-state index contributed by atoms with van der Waals surface area (Å²) in [6.07, 6.45) is 0. The average Bonchev–Trinajstić information content (AvgIpc) is 3.16. The summed E-state index contributed by atoms with van der Waals surface area (Å²) in [6, 6.07) is 14.0. The van der Waals surface area contributed by atoms with E-state index in [9.17, 15) is 13.2 Å². The number of nitrogens with zero attached hydrogens (tertiary/aromatic N) is 2. The molecule has 0 atom stereocenters. The number of thioether (sulfide) groups is 1. The van der Waals surface area contributed by atoms with E-state index in [1.807, 2.05) is 29.6 Å². The number of carbonyl (C=O) groups excluding carboxylic acids is 1. The molecule has 152 valence electrons. The molecule has 0 aliphatic heterocycles. The van der Waals surface area contributed by atoms with Gasteiger partial charge < -0.3 is 5.32 Å². The second-order valence-corrected chi connectivity index (χ2v) is 11.3. The van der Waals surface area contributed by atoms with Gasteiger partial charge in [-0.3, -0.25) is 4.79 Å². The zero-order chi connectivity index (χ0) is 21.0. The van der Waals surface area contributed by atoms with Crippen LogP contribution in [0.1, 0.15) is 0 Å². The number of benzene rings is 2. The highest BCUT2D eigenvalue weighted by Gasteiger charge is 2.17. The first-order valence-corrected chi connectivity index (χ1v) is 12.5. The number of hydrogen-bond acceptors (Lipinski definition) is 6. The molecule has 3 aromatic rings. The third-order valence-corrected chi connectivity index (χ3v) is 8.25. The molecular formula is C19H18BrN3O3S3. The van der Waals surface area contributed by atoms with Gasteiger partial charge in [0.1, 0.15) is 0 Å². The van der Waals surface area contributed by atoms with Crippen LogP contribution in [-0.2, 0) is 14.8 Å². The lowest BCUT2D eigenvalue weighted by Crippen LogP contribution is -2.22. The molecular weight excluding hydrogens is 494 g/mol. The minimum atomic E-state index is -3.48. The summed E-state index contributed by atoms with van der Waals surface area (Å²) < 4.78 is 27.1. The number of aromatic nitrogens is 1. The maximum absolute atomic E-state index is 12.2. The fourth-order valence-electron chi connectivity index (χ4n) is 2.32. The third-order valence-electron chi connectivity index (χ3n) is 3.87. The van der Waals surface area contributed by atoms with Crippen molar-refractivity contribution in [2.24, 2.45) is 0 Å². The van der Waals surface area contributed by atoms with Gasteiger partial charge in [0, 0.05) is 35.2 Å². The number of amides is 1. The van der Waals surface area contributed by atoms with Crippen LogP contribution in [0.2, 0.25) is 0 Å². The number of anilines is 1. The first-order valence-electron chi connectivity index (χ1n) is 8.42. The second kappa shape index (κ2) is 9.40. The number of sulfonamides is 1. The summed E-state index contributed by atoms with van der Waals surface area (Å²) in [6.45, 7) is 0. The number of hydrogen-bond donors (Lipinski definition) is 1. The van der Waals surface area contributed by atoms with Gasteiger partial charge in [0.25, 0.3) is 0 Å². The molecule has 0 saturated heterocycles. The average molecular weight is 512 g/mol. The van der Waals surface area contributed by atoms with Gasteiger partial charge in [-0.1, -0.05) is 39.8 Å². The molecule has 1 heterocycles. The van der Waals surface area contributed by atoms with Gasteiger partial charge in [0.15, 0.2) is 4.34 Å². The molecule has 0 unspecified atom stereocenters. The van der Waals surface area contributed by atoms with Gasteiger partial charge in [0.05, 0.1) is 16.3 Å². The quantitative estimate of drug-likeness (QED) is 0.470. The van der Waals surface area contributed by atoms with E-state index in [0.717, 1.165) is 24.4 Å². The molecule has 1 N–H and O–H groups in total. The number of thiazole rings is 1. The topological polar surface area (TPSA) is 79.4 Å². The smallest absolute Gasteiger partial charge is 0.242 e. The zero-order valence-corrected chi connectivity index (χ0v) is 19.7. The van der Waals surface area contributed by atoms with Crippen molar-refractivity contribution < 1.29 is 13.2 Å². The van der Waals surface area contributed by atoms with Crippen LogP contribution in [0.4, 0.5) is 5.69 Å². The maximum atomic E-state index is 12.2. The highest BCUT2D eigenvalue weighted by atomic mass is 79.9. The van der Waals surface area contributed by atoms with Gasteiger partial charge in [-0.2, -0.15) is 0 Å². The molecule has 0 aliphatic carbocycles. The summed E-state index contributed by atoms with van der Waals surface area (Å²) in [7, 11) is -0.534. The fraction of sp³-hybridized carbons (Fsp3) is 0.158. The maximum Gasteiger partial charge on any atom is 0.242 e. The Labute approximate surface area is 186 Å². The summed E-state index contributed by atoms with van der Waals surface area (Å²) in [5.41, 5.74) is 2.44. The van der Waals surface area contributed by atoms with Crippen LogP contribution in [0.3, 0.4) is 0 Å². The van der Waals surface area contributed by atoms with Crippen LogP contribution in [-0.4, -0.2) is 43.5 Å². The molecule has 0 radical (unpaired) electrons. The standard InChI is InChI=1S/C19H18BrN3O3S3/c1-23(2)29(25,26)16-9-7-15(8-10-16)21-18(24)12-28-19-22-17(11-27-19)13-3-5-14(20)6-4-13/h3-11H,12H2,1-2H3,(H,21,24). The molecule has 1 amide bonds. The lowest BCUT2D eigenvalue weighted by atomic mass is 10.2. The molecule has 0 spiro atoms. The molecule has 3 rings (SSSR count). The highest BCUT2D eigenvalue weighted by Crippen LogP contribution is 2.29. The molecule has 0 aliphatic rings. The SMILES string of the molecule is CN(C)S(=O)(=O)c1ccc(NC(=O)CSc2nc(-c3ccc(Br)cc3)cs2)cc1. The molecule has 0 saturated carbocycles. The fourth-order valence-corrected chi connectivity index (χ4v) is 5.12. The van der Waals surface area contributed by atoms with Gasteiger partial charge in [-0.05, 0) is 36.4 Å². The van der Waals surface area contributed by atoms with Crippen LogP contribution >= 0.6 is 39.0 Å². The Morgan fingerprint density at radius 2 is 1.79 bits per heavy atom. The van der Waals surface area contributed by atoms with E-state index in [2.05, 4.69) is 26.2 Å². The monoisotopic (exact) mass is 511 g/mol. The van der Waals surface area contributed by atoms with Crippen molar-refractivity contribution in [2.45, 2.75) is 9.24 Å². The summed E-state index contributed by atoms with van der Waals surface area (Å²) in [5.74, 6) is 0.0315. The minimum Gasteiger partial charge on any atom is -0.325 e. The Bertz CT molecular complexity index is 1100.